The van der Waals surface area contributed by atoms with Crippen molar-refractivity contribution in [3.05, 3.63) is 62.6 Å². The number of amides is 2. The van der Waals surface area contributed by atoms with Gasteiger partial charge in [-0.2, -0.15) is 0 Å². The summed E-state index contributed by atoms with van der Waals surface area (Å²) < 4.78 is 26.4. The number of sulfonamides is 1. The van der Waals surface area contributed by atoms with Gasteiger partial charge >= 0.3 is 0 Å². The zero-order valence-corrected chi connectivity index (χ0v) is 24.8. The van der Waals surface area contributed by atoms with Crippen LogP contribution in [0.4, 0.5) is 5.69 Å². The van der Waals surface area contributed by atoms with Gasteiger partial charge in [-0.25, -0.2) is 8.42 Å². The van der Waals surface area contributed by atoms with E-state index in [-0.39, 0.29) is 43.8 Å². The van der Waals surface area contributed by atoms with Gasteiger partial charge in [0, 0.05) is 40.6 Å². The van der Waals surface area contributed by atoms with E-state index in [4.69, 9.17) is 34.8 Å². The molecule has 0 saturated carbocycles. The number of nitrogens with zero attached hydrogens (tertiary/aromatic N) is 2. The third-order valence-corrected chi connectivity index (χ3v) is 8.01. The summed E-state index contributed by atoms with van der Waals surface area (Å²) in [6.07, 6.45) is 1.79. The van der Waals surface area contributed by atoms with Crippen molar-refractivity contribution in [2.24, 2.45) is 0 Å². The van der Waals surface area contributed by atoms with E-state index in [1.54, 1.807) is 43.3 Å². The van der Waals surface area contributed by atoms with Gasteiger partial charge in [0.1, 0.15) is 6.04 Å². The molecule has 2 aromatic carbocycles. The molecule has 2 aromatic rings. The van der Waals surface area contributed by atoms with Gasteiger partial charge in [0.05, 0.1) is 11.9 Å². The molecular formula is C26H34Cl3N3O4S. The topological polar surface area (TPSA) is 86.8 Å². The zero-order valence-electron chi connectivity index (χ0n) is 21.7. The lowest BCUT2D eigenvalue weighted by Gasteiger charge is -2.32. The van der Waals surface area contributed by atoms with Crippen molar-refractivity contribution in [3.63, 3.8) is 0 Å². The van der Waals surface area contributed by atoms with Crippen molar-refractivity contribution in [2.75, 3.05) is 17.1 Å². The maximum atomic E-state index is 13.5. The second-order valence-electron chi connectivity index (χ2n) is 9.17. The van der Waals surface area contributed by atoms with Crippen LogP contribution in [0.25, 0.3) is 0 Å². The standard InChI is InChI=1S/C26H34Cl3N3O4S/c1-6-23(26(34)30-17(2)3)31(16-19-12-13-20(27)15-22(19)29)25(33)11-8-14-32(37(5,35)36)24-10-7-9-21(28)18(24)4/h7,9-10,12-13,15,17,23H,6,8,11,14,16H2,1-5H3,(H,30,34)/t23-/m1/s1. The lowest BCUT2D eigenvalue weighted by atomic mass is 10.1. The van der Waals surface area contributed by atoms with Crippen LogP contribution in [0, 0.1) is 6.92 Å². The Balaban J connectivity index is 2.29. The number of hydrogen-bond acceptors (Lipinski definition) is 4. The lowest BCUT2D eigenvalue weighted by molar-refractivity contribution is -0.141. The molecule has 1 N–H and O–H groups in total. The van der Waals surface area contributed by atoms with Crippen LogP contribution in [0.5, 0.6) is 0 Å². The normalized spacial score (nSPS) is 12.4. The summed E-state index contributed by atoms with van der Waals surface area (Å²) in [6.45, 7) is 7.48. The highest BCUT2D eigenvalue weighted by Gasteiger charge is 2.30. The van der Waals surface area contributed by atoms with E-state index >= 15 is 0 Å². The molecule has 0 fully saturated rings. The Morgan fingerprint density at radius 2 is 1.73 bits per heavy atom. The van der Waals surface area contributed by atoms with Crippen molar-refractivity contribution in [2.45, 2.75) is 65.6 Å². The highest BCUT2D eigenvalue weighted by molar-refractivity contribution is 7.92. The molecule has 7 nitrogen and oxygen atoms in total. The fourth-order valence-electron chi connectivity index (χ4n) is 3.98. The molecule has 0 spiro atoms. The van der Waals surface area contributed by atoms with Crippen LogP contribution in [0.1, 0.15) is 51.2 Å². The van der Waals surface area contributed by atoms with E-state index in [0.717, 1.165) is 6.26 Å². The number of benzene rings is 2. The molecular weight excluding hydrogens is 557 g/mol. The van der Waals surface area contributed by atoms with Crippen LogP contribution in [0.2, 0.25) is 15.1 Å². The largest absolute Gasteiger partial charge is 0.352 e. The summed E-state index contributed by atoms with van der Waals surface area (Å²) in [5, 5.41) is 4.19. The number of nitrogens with one attached hydrogen (secondary N) is 1. The van der Waals surface area contributed by atoms with Gasteiger partial charge < -0.3 is 10.2 Å². The van der Waals surface area contributed by atoms with Gasteiger partial charge in [0.15, 0.2) is 0 Å². The van der Waals surface area contributed by atoms with Crippen LogP contribution >= 0.6 is 34.8 Å². The van der Waals surface area contributed by atoms with E-state index in [0.29, 0.717) is 38.3 Å². The van der Waals surface area contributed by atoms with Gasteiger partial charge in [-0.05, 0) is 69.0 Å². The number of rotatable bonds is 12. The van der Waals surface area contributed by atoms with Gasteiger partial charge in [-0.3, -0.25) is 13.9 Å². The fraction of sp³-hybridized carbons (Fsp3) is 0.462. The van der Waals surface area contributed by atoms with Crippen molar-refractivity contribution >= 4 is 62.3 Å². The van der Waals surface area contributed by atoms with Crippen molar-refractivity contribution < 1.29 is 18.0 Å². The van der Waals surface area contributed by atoms with Crippen LogP contribution < -0.4 is 9.62 Å². The molecule has 1 atom stereocenters. The number of hydrogen-bond donors (Lipinski definition) is 1. The van der Waals surface area contributed by atoms with Gasteiger partial charge in [0.25, 0.3) is 0 Å². The van der Waals surface area contributed by atoms with E-state index in [1.165, 1.54) is 9.21 Å². The van der Waals surface area contributed by atoms with Gasteiger partial charge in [0.2, 0.25) is 21.8 Å². The third kappa shape index (κ3) is 8.77. The minimum atomic E-state index is -3.63. The van der Waals surface area contributed by atoms with Crippen molar-refractivity contribution in [1.29, 1.82) is 0 Å². The molecule has 11 heteroatoms. The predicted molar refractivity (Wildman–Crippen MR) is 152 cm³/mol. The summed E-state index contributed by atoms with van der Waals surface area (Å²) in [5.74, 6) is -0.545. The Kier molecular flexibility index (Phi) is 11.6. The maximum Gasteiger partial charge on any atom is 0.243 e. The molecule has 0 bridgehead atoms. The first-order valence-electron chi connectivity index (χ1n) is 12.0. The second-order valence-corrected chi connectivity index (χ2v) is 12.3. The summed E-state index contributed by atoms with van der Waals surface area (Å²) in [7, 11) is -3.63. The van der Waals surface area contributed by atoms with E-state index in [1.807, 2.05) is 20.8 Å². The molecule has 2 rings (SSSR count). The molecule has 0 aliphatic carbocycles. The first-order valence-corrected chi connectivity index (χ1v) is 15.0. The first-order chi connectivity index (χ1) is 17.3. The van der Waals surface area contributed by atoms with Crippen LogP contribution in [0.3, 0.4) is 0 Å². The molecule has 0 heterocycles. The maximum absolute atomic E-state index is 13.5. The summed E-state index contributed by atoms with van der Waals surface area (Å²) in [5.41, 5.74) is 1.76. The first kappa shape index (κ1) is 31.2. The van der Waals surface area contributed by atoms with Crippen molar-refractivity contribution in [3.8, 4) is 0 Å². The zero-order chi connectivity index (χ0) is 27.9. The molecule has 0 aliphatic rings. The Labute approximate surface area is 235 Å². The van der Waals surface area contributed by atoms with Gasteiger partial charge in [-0.1, -0.05) is 53.9 Å². The quantitative estimate of drug-likeness (QED) is 0.337. The number of carbonyl (C=O) groups excluding carboxylic acids is 2. The van der Waals surface area contributed by atoms with E-state index in [9.17, 15) is 18.0 Å². The average Bonchev–Trinajstić information content (AvgIpc) is 2.78. The van der Waals surface area contributed by atoms with Crippen molar-refractivity contribution in [1.82, 2.24) is 10.2 Å². The number of anilines is 1. The number of carbonyl (C=O) groups is 2. The molecule has 0 radical (unpaired) electrons. The van der Waals surface area contributed by atoms with Crippen LogP contribution in [-0.4, -0.2) is 50.0 Å². The molecule has 0 aromatic heterocycles. The summed E-state index contributed by atoms with van der Waals surface area (Å²) in [6, 6.07) is 9.24. The Morgan fingerprint density at radius 3 is 2.30 bits per heavy atom. The average molecular weight is 591 g/mol. The summed E-state index contributed by atoms with van der Waals surface area (Å²) >= 11 is 18.6. The lowest BCUT2D eigenvalue weighted by Crippen LogP contribution is -2.50. The second kappa shape index (κ2) is 13.7. The Morgan fingerprint density at radius 1 is 1.05 bits per heavy atom. The van der Waals surface area contributed by atoms with Gasteiger partial charge in [-0.15, -0.1) is 0 Å². The SMILES string of the molecule is CC[C@H](C(=O)NC(C)C)N(Cc1ccc(Cl)cc1Cl)C(=O)CCCN(c1cccc(Cl)c1C)S(C)(=O)=O. The summed E-state index contributed by atoms with van der Waals surface area (Å²) in [4.78, 5) is 28.0. The highest BCUT2D eigenvalue weighted by Crippen LogP contribution is 2.29. The van der Waals surface area contributed by atoms with E-state index in [2.05, 4.69) is 5.32 Å². The highest BCUT2D eigenvalue weighted by atomic mass is 35.5. The molecule has 0 unspecified atom stereocenters. The fourth-order valence-corrected chi connectivity index (χ4v) is 5.64. The third-order valence-electron chi connectivity index (χ3n) is 5.83. The molecule has 204 valence electrons. The molecule has 2 amide bonds. The molecule has 0 saturated heterocycles. The predicted octanol–water partition coefficient (Wildman–Crippen LogP) is 5.83. The molecule has 37 heavy (non-hydrogen) atoms. The minimum Gasteiger partial charge on any atom is -0.352 e. The number of halogens is 3. The van der Waals surface area contributed by atoms with Crippen LogP contribution in [0.15, 0.2) is 36.4 Å². The Hall–Kier alpha value is -2.00. The monoisotopic (exact) mass is 589 g/mol. The van der Waals surface area contributed by atoms with E-state index < -0.39 is 16.1 Å². The minimum absolute atomic E-state index is 0.0301. The smallest absolute Gasteiger partial charge is 0.243 e. The van der Waals surface area contributed by atoms with Crippen LogP contribution in [-0.2, 0) is 26.2 Å². The Bertz CT molecular complexity index is 1220. The molecule has 0 aliphatic heterocycles.